The minimum absolute atomic E-state index is 0. The summed E-state index contributed by atoms with van der Waals surface area (Å²) in [4.78, 5) is 2.48. The largest absolute Gasteiger partial charge is 0.314 e. The molecule has 1 aliphatic rings. The fourth-order valence-electron chi connectivity index (χ4n) is 2.67. The second-order valence-electron chi connectivity index (χ2n) is 5.12. The molecule has 0 spiro atoms. The van der Waals surface area contributed by atoms with Crippen LogP contribution in [0.3, 0.4) is 0 Å². The van der Waals surface area contributed by atoms with Crippen LogP contribution in [0.15, 0.2) is 18.2 Å². The SMILES string of the molecule is CCCC[C@H](c1ccc(F)c(Cl)c1)N1CCNCC1.Cl.Cl. The molecular formula is C15H24Cl3FN2. The van der Waals surface area contributed by atoms with Crippen molar-refractivity contribution in [3.8, 4) is 0 Å². The molecule has 0 amide bonds. The predicted molar refractivity (Wildman–Crippen MR) is 92.6 cm³/mol. The zero-order chi connectivity index (χ0) is 13.7. The van der Waals surface area contributed by atoms with Gasteiger partial charge in [0.15, 0.2) is 0 Å². The van der Waals surface area contributed by atoms with Crippen molar-refractivity contribution in [3.63, 3.8) is 0 Å². The van der Waals surface area contributed by atoms with Crippen LogP contribution in [0.1, 0.15) is 37.8 Å². The second-order valence-corrected chi connectivity index (χ2v) is 5.52. The van der Waals surface area contributed by atoms with E-state index in [9.17, 15) is 4.39 Å². The lowest BCUT2D eigenvalue weighted by Crippen LogP contribution is -2.45. The molecule has 0 bridgehead atoms. The van der Waals surface area contributed by atoms with Crippen LogP contribution >= 0.6 is 36.4 Å². The van der Waals surface area contributed by atoms with Crippen molar-refractivity contribution in [3.05, 3.63) is 34.6 Å². The number of rotatable bonds is 5. The molecule has 21 heavy (non-hydrogen) atoms. The van der Waals surface area contributed by atoms with Crippen molar-refractivity contribution in [1.29, 1.82) is 0 Å². The van der Waals surface area contributed by atoms with Crippen LogP contribution in [0.5, 0.6) is 0 Å². The summed E-state index contributed by atoms with van der Waals surface area (Å²) in [6, 6.07) is 5.52. The van der Waals surface area contributed by atoms with E-state index in [-0.39, 0.29) is 35.7 Å². The van der Waals surface area contributed by atoms with Gasteiger partial charge in [0.05, 0.1) is 5.02 Å². The second kappa shape index (κ2) is 10.6. The monoisotopic (exact) mass is 356 g/mol. The van der Waals surface area contributed by atoms with E-state index in [1.165, 1.54) is 18.9 Å². The van der Waals surface area contributed by atoms with Crippen LogP contribution in [-0.4, -0.2) is 31.1 Å². The molecule has 1 fully saturated rings. The first-order chi connectivity index (χ1) is 9.22. The summed E-state index contributed by atoms with van der Waals surface area (Å²) in [6.45, 7) is 6.34. The molecule has 6 heteroatoms. The van der Waals surface area contributed by atoms with Gasteiger partial charge in [-0.15, -0.1) is 24.8 Å². The lowest BCUT2D eigenvalue weighted by Gasteiger charge is -2.35. The standard InChI is InChI=1S/C15H22ClFN2.2ClH/c1-2-3-4-15(19-9-7-18-8-10-19)12-5-6-14(17)13(16)11-12;;/h5-6,11,15,18H,2-4,7-10H2,1H3;2*1H/t15-;;/m1../s1. The molecule has 1 saturated heterocycles. The highest BCUT2D eigenvalue weighted by atomic mass is 35.5. The summed E-state index contributed by atoms with van der Waals surface area (Å²) in [5.41, 5.74) is 1.14. The van der Waals surface area contributed by atoms with Gasteiger partial charge in [0.2, 0.25) is 0 Å². The molecule has 2 rings (SSSR count). The van der Waals surface area contributed by atoms with Crippen molar-refractivity contribution in [2.75, 3.05) is 26.2 Å². The van der Waals surface area contributed by atoms with Crippen LogP contribution in [0.4, 0.5) is 4.39 Å². The number of unbranched alkanes of at least 4 members (excludes halogenated alkanes) is 1. The topological polar surface area (TPSA) is 15.3 Å². The van der Waals surface area contributed by atoms with Gasteiger partial charge in [-0.3, -0.25) is 4.90 Å². The average Bonchev–Trinajstić information content (AvgIpc) is 2.44. The minimum atomic E-state index is -0.333. The molecule has 1 aliphatic heterocycles. The van der Waals surface area contributed by atoms with E-state index in [4.69, 9.17) is 11.6 Å². The maximum atomic E-state index is 13.3. The van der Waals surface area contributed by atoms with Crippen LogP contribution in [0, 0.1) is 5.82 Å². The number of piperazine rings is 1. The number of nitrogens with one attached hydrogen (secondary N) is 1. The molecule has 1 N–H and O–H groups in total. The van der Waals surface area contributed by atoms with Gasteiger partial charge in [0, 0.05) is 32.2 Å². The van der Waals surface area contributed by atoms with E-state index in [2.05, 4.69) is 17.1 Å². The van der Waals surface area contributed by atoms with E-state index in [1.807, 2.05) is 6.07 Å². The van der Waals surface area contributed by atoms with E-state index in [1.54, 1.807) is 6.07 Å². The third kappa shape index (κ3) is 5.91. The Bertz CT molecular complexity index is 412. The van der Waals surface area contributed by atoms with Crippen LogP contribution in [0.2, 0.25) is 5.02 Å². The smallest absolute Gasteiger partial charge is 0.141 e. The van der Waals surface area contributed by atoms with Gasteiger partial charge in [-0.05, 0) is 24.1 Å². The number of halogens is 4. The summed E-state index contributed by atoms with van der Waals surface area (Å²) < 4.78 is 13.3. The van der Waals surface area contributed by atoms with Gasteiger partial charge in [-0.25, -0.2) is 4.39 Å². The quantitative estimate of drug-likeness (QED) is 0.837. The highest BCUT2D eigenvalue weighted by molar-refractivity contribution is 6.30. The van der Waals surface area contributed by atoms with E-state index >= 15 is 0 Å². The van der Waals surface area contributed by atoms with Gasteiger partial charge in [0.1, 0.15) is 5.82 Å². The van der Waals surface area contributed by atoms with Crippen molar-refractivity contribution in [2.45, 2.75) is 32.2 Å². The van der Waals surface area contributed by atoms with Crippen molar-refractivity contribution in [1.82, 2.24) is 10.2 Å². The fraction of sp³-hybridized carbons (Fsp3) is 0.600. The summed E-state index contributed by atoms with van der Waals surface area (Å²) in [6.07, 6.45) is 3.47. The fourth-order valence-corrected chi connectivity index (χ4v) is 2.86. The minimum Gasteiger partial charge on any atom is -0.314 e. The Morgan fingerprint density at radius 2 is 1.95 bits per heavy atom. The summed E-state index contributed by atoms with van der Waals surface area (Å²) in [5.74, 6) is -0.333. The van der Waals surface area contributed by atoms with Gasteiger partial charge < -0.3 is 5.32 Å². The van der Waals surface area contributed by atoms with E-state index < -0.39 is 0 Å². The number of benzene rings is 1. The molecule has 2 nitrogen and oxygen atoms in total. The molecule has 0 aromatic heterocycles. The van der Waals surface area contributed by atoms with Crippen molar-refractivity contribution < 1.29 is 4.39 Å². The highest BCUT2D eigenvalue weighted by Gasteiger charge is 2.22. The van der Waals surface area contributed by atoms with E-state index in [0.29, 0.717) is 6.04 Å². The Hall–Kier alpha value is -0.0600. The summed E-state index contributed by atoms with van der Waals surface area (Å²) in [5, 5.41) is 3.60. The summed E-state index contributed by atoms with van der Waals surface area (Å²) >= 11 is 5.93. The van der Waals surface area contributed by atoms with E-state index in [0.717, 1.165) is 38.2 Å². The molecule has 1 atom stereocenters. The normalized spacial score (nSPS) is 16.7. The zero-order valence-electron chi connectivity index (χ0n) is 12.3. The molecule has 0 unspecified atom stereocenters. The van der Waals surface area contributed by atoms with Crippen LogP contribution < -0.4 is 5.32 Å². The van der Waals surface area contributed by atoms with Gasteiger partial charge in [0.25, 0.3) is 0 Å². The third-order valence-electron chi connectivity index (χ3n) is 3.75. The number of hydrogen-bond donors (Lipinski definition) is 1. The zero-order valence-corrected chi connectivity index (χ0v) is 14.7. The average molecular weight is 358 g/mol. The van der Waals surface area contributed by atoms with Crippen LogP contribution in [-0.2, 0) is 0 Å². The highest BCUT2D eigenvalue weighted by Crippen LogP contribution is 2.29. The lowest BCUT2D eigenvalue weighted by atomic mass is 9.98. The Morgan fingerprint density at radius 3 is 2.52 bits per heavy atom. The molecule has 122 valence electrons. The van der Waals surface area contributed by atoms with Crippen molar-refractivity contribution in [2.24, 2.45) is 0 Å². The lowest BCUT2D eigenvalue weighted by molar-refractivity contribution is 0.163. The Kier molecular flexibility index (Phi) is 10.6. The third-order valence-corrected chi connectivity index (χ3v) is 4.04. The first-order valence-corrected chi connectivity index (χ1v) is 7.50. The molecule has 0 radical (unpaired) electrons. The Morgan fingerprint density at radius 1 is 1.29 bits per heavy atom. The predicted octanol–water partition coefficient (Wildman–Crippen LogP) is 4.46. The first kappa shape index (κ1) is 20.9. The van der Waals surface area contributed by atoms with Gasteiger partial charge >= 0.3 is 0 Å². The molecule has 0 aliphatic carbocycles. The Labute approximate surface area is 144 Å². The molecule has 0 saturated carbocycles. The molecule has 1 aromatic rings. The Balaban J connectivity index is 0.00000200. The maximum Gasteiger partial charge on any atom is 0.141 e. The maximum absolute atomic E-state index is 13.3. The van der Waals surface area contributed by atoms with Crippen molar-refractivity contribution >= 4 is 36.4 Å². The van der Waals surface area contributed by atoms with Gasteiger partial charge in [-0.2, -0.15) is 0 Å². The van der Waals surface area contributed by atoms with Crippen LogP contribution in [0.25, 0.3) is 0 Å². The first-order valence-electron chi connectivity index (χ1n) is 7.12. The molecular weight excluding hydrogens is 334 g/mol. The number of nitrogens with zero attached hydrogens (tertiary/aromatic N) is 1. The van der Waals surface area contributed by atoms with Gasteiger partial charge in [-0.1, -0.05) is 37.4 Å². The molecule has 1 aromatic carbocycles. The summed E-state index contributed by atoms with van der Waals surface area (Å²) in [7, 11) is 0. The number of hydrogen-bond acceptors (Lipinski definition) is 2. The molecule has 1 heterocycles.